The maximum absolute atomic E-state index is 13.5. The van der Waals surface area contributed by atoms with E-state index in [-0.39, 0.29) is 24.7 Å². The fourth-order valence-electron chi connectivity index (χ4n) is 4.86. The van der Waals surface area contributed by atoms with Gasteiger partial charge in [-0.25, -0.2) is 22.2 Å². The van der Waals surface area contributed by atoms with Crippen molar-refractivity contribution in [1.29, 1.82) is 0 Å². The summed E-state index contributed by atoms with van der Waals surface area (Å²) < 4.78 is 49.5. The summed E-state index contributed by atoms with van der Waals surface area (Å²) in [6.45, 7) is 3.21. The summed E-state index contributed by atoms with van der Waals surface area (Å²) >= 11 is 0. The number of allylic oxidation sites excluding steroid dienone is 2. The van der Waals surface area contributed by atoms with E-state index in [4.69, 9.17) is 0 Å². The van der Waals surface area contributed by atoms with Crippen LogP contribution in [0.15, 0.2) is 11.8 Å². The molecule has 1 aliphatic carbocycles. The van der Waals surface area contributed by atoms with Crippen LogP contribution in [0.25, 0.3) is 0 Å². The van der Waals surface area contributed by atoms with E-state index in [0.29, 0.717) is 26.1 Å². The molecule has 2 heterocycles. The summed E-state index contributed by atoms with van der Waals surface area (Å²) in [5.74, 6) is -2.87. The van der Waals surface area contributed by atoms with E-state index in [1.165, 1.54) is 0 Å². The van der Waals surface area contributed by atoms with E-state index in [1.807, 2.05) is 11.9 Å². The number of hydrazine groups is 1. The third-order valence-electron chi connectivity index (χ3n) is 6.21. The van der Waals surface area contributed by atoms with Crippen molar-refractivity contribution in [1.82, 2.24) is 10.0 Å². The normalized spacial score (nSPS) is 30.6. The van der Waals surface area contributed by atoms with Crippen molar-refractivity contribution in [3.05, 3.63) is 11.8 Å². The van der Waals surface area contributed by atoms with Crippen molar-refractivity contribution in [2.75, 3.05) is 19.6 Å². The molecule has 0 aromatic carbocycles. The van der Waals surface area contributed by atoms with Gasteiger partial charge in [-0.15, -0.1) is 0 Å². The molecule has 2 saturated heterocycles. The zero-order chi connectivity index (χ0) is 18.9. The fraction of sp³-hybridized carbons (Fsp3) is 0.833. The van der Waals surface area contributed by atoms with Crippen LogP contribution in [0.1, 0.15) is 51.9 Å². The molecule has 0 radical (unpaired) electrons. The second kappa shape index (κ2) is 7.92. The Balaban J connectivity index is 1.79. The van der Waals surface area contributed by atoms with Crippen LogP contribution in [-0.2, 0) is 15.5 Å². The first-order valence-corrected chi connectivity index (χ1v) is 10.8. The molecule has 0 amide bonds. The molecule has 0 spiro atoms. The highest BCUT2D eigenvalue weighted by Gasteiger charge is 2.44. The SMILES string of the molecule is CCC(C(=O)[SH](=O)=O)C1CCN(N2CCC(F)(F)CC2)C2=CCCCC21. The Labute approximate surface area is 155 Å². The standard InChI is InChI=1S/C18H28F2N2O3S/c1-2-13(17(23)26(24)25)14-7-10-22(16-6-4-3-5-15(14)16)21-11-8-18(19,20)9-12-21/h6,13-15,26H,2-5,7-12H2,1H3. The average Bonchev–Trinajstić information content (AvgIpc) is 2.62. The summed E-state index contributed by atoms with van der Waals surface area (Å²) in [7, 11) is -3.06. The number of alkyl halides is 2. The van der Waals surface area contributed by atoms with Gasteiger partial charge in [0.15, 0.2) is 0 Å². The molecule has 0 aromatic rings. The van der Waals surface area contributed by atoms with Gasteiger partial charge >= 0.3 is 0 Å². The molecule has 0 aromatic heterocycles. The number of nitrogens with zero attached hydrogens (tertiary/aromatic N) is 2. The molecule has 2 fully saturated rings. The van der Waals surface area contributed by atoms with E-state index in [2.05, 4.69) is 11.1 Å². The van der Waals surface area contributed by atoms with Gasteiger partial charge in [0.25, 0.3) is 5.92 Å². The second-order valence-electron chi connectivity index (χ2n) is 7.66. The summed E-state index contributed by atoms with van der Waals surface area (Å²) in [5, 5.41) is 3.52. The van der Waals surface area contributed by atoms with E-state index in [1.54, 1.807) is 0 Å². The van der Waals surface area contributed by atoms with Gasteiger partial charge in [0, 0.05) is 50.0 Å². The van der Waals surface area contributed by atoms with Crippen molar-refractivity contribution >= 4 is 15.8 Å². The number of carbonyl (C=O) groups is 1. The van der Waals surface area contributed by atoms with Crippen molar-refractivity contribution in [2.24, 2.45) is 17.8 Å². The Hall–Kier alpha value is -1.02. The van der Waals surface area contributed by atoms with Crippen LogP contribution >= 0.6 is 0 Å². The van der Waals surface area contributed by atoms with Crippen molar-refractivity contribution in [3.8, 4) is 0 Å². The molecule has 3 atom stereocenters. The lowest BCUT2D eigenvalue weighted by Gasteiger charge is -2.51. The van der Waals surface area contributed by atoms with Gasteiger partial charge in [0.05, 0.1) is 0 Å². The Bertz CT molecular complexity index is 632. The number of carbonyl (C=O) groups excluding carboxylic acids is 1. The largest absolute Gasteiger partial charge is 0.310 e. The highest BCUT2D eigenvalue weighted by molar-refractivity contribution is 7.89. The third-order valence-corrected chi connectivity index (χ3v) is 6.90. The molecule has 3 rings (SSSR count). The van der Waals surface area contributed by atoms with Crippen molar-refractivity contribution in [2.45, 2.75) is 57.8 Å². The monoisotopic (exact) mass is 390 g/mol. The number of piperidine rings is 2. The molecular weight excluding hydrogens is 362 g/mol. The van der Waals surface area contributed by atoms with Crippen LogP contribution in [0, 0.1) is 17.8 Å². The van der Waals surface area contributed by atoms with Gasteiger partial charge in [0.2, 0.25) is 15.8 Å². The molecule has 0 N–H and O–H groups in total. The molecular formula is C18H28F2N2O3S. The van der Waals surface area contributed by atoms with Crippen LogP contribution in [0.5, 0.6) is 0 Å². The topological polar surface area (TPSA) is 57.7 Å². The van der Waals surface area contributed by atoms with Crippen molar-refractivity contribution in [3.63, 3.8) is 0 Å². The van der Waals surface area contributed by atoms with Crippen LogP contribution < -0.4 is 0 Å². The second-order valence-corrected chi connectivity index (χ2v) is 8.62. The summed E-state index contributed by atoms with van der Waals surface area (Å²) in [6, 6.07) is 0. The predicted octanol–water partition coefficient (Wildman–Crippen LogP) is 2.80. The van der Waals surface area contributed by atoms with Crippen LogP contribution in [-0.4, -0.2) is 49.1 Å². The Morgan fingerprint density at radius 1 is 1.27 bits per heavy atom. The summed E-state index contributed by atoms with van der Waals surface area (Å²) in [4.78, 5) is 12.2. The minimum Gasteiger partial charge on any atom is -0.310 e. The van der Waals surface area contributed by atoms with E-state index in [0.717, 1.165) is 31.4 Å². The van der Waals surface area contributed by atoms with E-state index >= 15 is 0 Å². The smallest absolute Gasteiger partial charge is 0.250 e. The first-order valence-electron chi connectivity index (χ1n) is 9.62. The van der Waals surface area contributed by atoms with Gasteiger partial charge in [-0.3, -0.25) is 4.79 Å². The van der Waals surface area contributed by atoms with Gasteiger partial charge in [0.1, 0.15) is 0 Å². The fourth-order valence-corrected chi connectivity index (χ4v) is 5.51. The van der Waals surface area contributed by atoms with Gasteiger partial charge in [-0.05, 0) is 38.0 Å². The summed E-state index contributed by atoms with van der Waals surface area (Å²) in [5.41, 5.74) is 1.12. The average molecular weight is 390 g/mol. The quantitative estimate of drug-likeness (QED) is 0.748. The Morgan fingerprint density at radius 2 is 1.96 bits per heavy atom. The minimum atomic E-state index is -3.06. The zero-order valence-electron chi connectivity index (χ0n) is 15.2. The maximum atomic E-state index is 13.5. The number of thiol groups is 1. The molecule has 2 aliphatic heterocycles. The molecule has 3 aliphatic rings. The molecule has 8 heteroatoms. The first-order chi connectivity index (χ1) is 12.3. The lowest BCUT2D eigenvalue weighted by atomic mass is 9.71. The molecule has 0 saturated carbocycles. The molecule has 5 nitrogen and oxygen atoms in total. The molecule has 0 bridgehead atoms. The third kappa shape index (κ3) is 3.96. The number of halogens is 2. The number of hydrogen-bond donors (Lipinski definition) is 1. The minimum absolute atomic E-state index is 0.0226. The molecule has 148 valence electrons. The summed E-state index contributed by atoms with van der Waals surface area (Å²) in [6.07, 6.45) is 6.05. The first kappa shape index (κ1) is 19.7. The van der Waals surface area contributed by atoms with Gasteiger partial charge in [-0.1, -0.05) is 13.0 Å². The number of rotatable bonds is 4. The van der Waals surface area contributed by atoms with Crippen LogP contribution in [0.3, 0.4) is 0 Å². The van der Waals surface area contributed by atoms with Crippen molar-refractivity contribution < 1.29 is 22.0 Å². The lowest BCUT2D eigenvalue weighted by Crippen LogP contribution is -2.54. The lowest BCUT2D eigenvalue weighted by molar-refractivity contribution is -0.127. The zero-order valence-corrected chi connectivity index (χ0v) is 16.1. The number of hydrogen-bond acceptors (Lipinski definition) is 5. The van der Waals surface area contributed by atoms with E-state index in [9.17, 15) is 22.0 Å². The van der Waals surface area contributed by atoms with Crippen LogP contribution in [0.4, 0.5) is 8.78 Å². The highest BCUT2D eigenvalue weighted by Crippen LogP contribution is 2.44. The maximum Gasteiger partial charge on any atom is 0.250 e. The molecule has 26 heavy (non-hydrogen) atoms. The molecule has 3 unspecified atom stereocenters. The Kier molecular flexibility index (Phi) is 6.01. The van der Waals surface area contributed by atoms with Gasteiger partial charge in [-0.2, -0.15) is 0 Å². The highest BCUT2D eigenvalue weighted by atomic mass is 32.2. The Morgan fingerprint density at radius 3 is 2.58 bits per heavy atom. The van der Waals surface area contributed by atoms with E-state index < -0.39 is 27.7 Å². The predicted molar refractivity (Wildman–Crippen MR) is 95.1 cm³/mol. The van der Waals surface area contributed by atoms with Crippen LogP contribution in [0.2, 0.25) is 0 Å². The number of fused-ring (bicyclic) bond motifs is 1. The van der Waals surface area contributed by atoms with Gasteiger partial charge < -0.3 is 5.01 Å².